The number of aromatic amines is 1. The number of benzene rings is 2. The normalized spacial score (nSPS) is 11.6. The number of rotatable bonds is 5. The molecule has 2 aromatic carbocycles. The van der Waals surface area contributed by atoms with Gasteiger partial charge in [0, 0.05) is 5.39 Å². The molecule has 0 atom stereocenters. The van der Waals surface area contributed by atoms with Crippen LogP contribution in [0.2, 0.25) is 10.0 Å². The van der Waals surface area contributed by atoms with Gasteiger partial charge in [-0.3, -0.25) is 14.6 Å². The number of nitrogens with two attached hydrogens (primary N) is 1. The van der Waals surface area contributed by atoms with E-state index in [0.29, 0.717) is 21.6 Å². The first kappa shape index (κ1) is 17.5. The van der Waals surface area contributed by atoms with Gasteiger partial charge in [-0.1, -0.05) is 23.2 Å². The Bertz CT molecular complexity index is 1080. The number of nitrogens with one attached hydrogen (secondary N) is 2. The summed E-state index contributed by atoms with van der Waals surface area (Å²) in [5, 5.41) is 7.77. The number of carbonyl (C=O) groups is 1. The number of halogens is 2. The summed E-state index contributed by atoms with van der Waals surface area (Å²) in [6.45, 7) is 0. The van der Waals surface area contributed by atoms with E-state index in [0.717, 1.165) is 0 Å². The van der Waals surface area contributed by atoms with Crippen LogP contribution in [-0.4, -0.2) is 24.5 Å². The van der Waals surface area contributed by atoms with Gasteiger partial charge in [-0.25, -0.2) is 8.42 Å². The second kappa shape index (κ2) is 6.55. The van der Waals surface area contributed by atoms with Crippen molar-refractivity contribution in [3.63, 3.8) is 0 Å². The average Bonchev–Trinajstić information content (AvgIpc) is 2.92. The molecule has 0 saturated heterocycles. The van der Waals surface area contributed by atoms with Gasteiger partial charge in [-0.2, -0.15) is 5.10 Å². The zero-order valence-corrected chi connectivity index (χ0v) is 14.9. The summed E-state index contributed by atoms with van der Waals surface area (Å²) >= 11 is 11.7. The summed E-state index contributed by atoms with van der Waals surface area (Å²) < 4.78 is 27.6. The van der Waals surface area contributed by atoms with Gasteiger partial charge in [0.2, 0.25) is 5.91 Å². The van der Waals surface area contributed by atoms with Crippen molar-refractivity contribution < 1.29 is 13.2 Å². The predicted molar refractivity (Wildman–Crippen MR) is 96.3 cm³/mol. The highest BCUT2D eigenvalue weighted by Gasteiger charge is 2.17. The SMILES string of the molecule is NC(=O)Cc1[nH]nc2ccc(S(=O)(=O)Nc3ccc(Cl)c(Cl)c3)cc12. The van der Waals surface area contributed by atoms with Crippen LogP contribution in [0.15, 0.2) is 41.3 Å². The van der Waals surface area contributed by atoms with E-state index in [1.807, 2.05) is 0 Å². The Balaban J connectivity index is 1.98. The zero-order valence-electron chi connectivity index (χ0n) is 12.6. The lowest BCUT2D eigenvalue weighted by atomic mass is 10.1. The molecule has 0 aliphatic carbocycles. The number of amides is 1. The van der Waals surface area contributed by atoms with Crippen molar-refractivity contribution in [1.29, 1.82) is 0 Å². The second-order valence-corrected chi connectivity index (χ2v) is 7.76. The van der Waals surface area contributed by atoms with Gasteiger partial charge in [0.05, 0.1) is 38.3 Å². The molecule has 10 heteroatoms. The number of primary amides is 1. The van der Waals surface area contributed by atoms with Crippen molar-refractivity contribution in [2.45, 2.75) is 11.3 Å². The maximum absolute atomic E-state index is 12.6. The fourth-order valence-corrected chi connectivity index (χ4v) is 3.67. The molecule has 0 spiro atoms. The van der Waals surface area contributed by atoms with Crippen LogP contribution in [0.25, 0.3) is 10.9 Å². The minimum Gasteiger partial charge on any atom is -0.369 e. The molecule has 4 N–H and O–H groups in total. The Morgan fingerprint density at radius 2 is 1.92 bits per heavy atom. The lowest BCUT2D eigenvalue weighted by Gasteiger charge is -2.09. The van der Waals surface area contributed by atoms with Gasteiger partial charge in [0.1, 0.15) is 0 Å². The number of H-pyrrole nitrogens is 1. The Hall–Kier alpha value is -2.29. The van der Waals surface area contributed by atoms with E-state index in [9.17, 15) is 13.2 Å². The average molecular weight is 399 g/mol. The van der Waals surface area contributed by atoms with Crippen molar-refractivity contribution in [1.82, 2.24) is 10.2 Å². The summed E-state index contributed by atoms with van der Waals surface area (Å²) in [4.78, 5) is 11.1. The number of nitrogens with zero attached hydrogens (tertiary/aromatic N) is 1. The van der Waals surface area contributed by atoms with E-state index in [2.05, 4.69) is 14.9 Å². The zero-order chi connectivity index (χ0) is 18.2. The first-order valence-electron chi connectivity index (χ1n) is 6.99. The van der Waals surface area contributed by atoms with E-state index >= 15 is 0 Å². The highest BCUT2D eigenvalue weighted by molar-refractivity contribution is 7.92. The molecule has 1 aromatic heterocycles. The topological polar surface area (TPSA) is 118 Å². The second-order valence-electron chi connectivity index (χ2n) is 5.26. The fraction of sp³-hybridized carbons (Fsp3) is 0.0667. The van der Waals surface area contributed by atoms with Crippen molar-refractivity contribution in [3.8, 4) is 0 Å². The van der Waals surface area contributed by atoms with Gasteiger partial charge in [0.15, 0.2) is 0 Å². The monoisotopic (exact) mass is 398 g/mol. The van der Waals surface area contributed by atoms with Crippen LogP contribution in [0.4, 0.5) is 5.69 Å². The Morgan fingerprint density at radius 3 is 2.60 bits per heavy atom. The number of fused-ring (bicyclic) bond motifs is 1. The molecule has 7 nitrogen and oxygen atoms in total. The van der Waals surface area contributed by atoms with Gasteiger partial charge in [-0.05, 0) is 36.4 Å². The van der Waals surface area contributed by atoms with E-state index in [4.69, 9.17) is 28.9 Å². The molecule has 3 aromatic rings. The summed E-state index contributed by atoms with van der Waals surface area (Å²) in [5.74, 6) is -0.548. The van der Waals surface area contributed by atoms with Crippen LogP contribution in [-0.2, 0) is 21.2 Å². The van der Waals surface area contributed by atoms with Gasteiger partial charge in [0.25, 0.3) is 10.0 Å². The molecule has 130 valence electrons. The molecule has 0 radical (unpaired) electrons. The Labute approximate surface area is 153 Å². The van der Waals surface area contributed by atoms with Crippen molar-refractivity contribution in [2.24, 2.45) is 5.73 Å². The predicted octanol–water partition coefficient (Wildman–Crippen LogP) is 2.70. The number of carbonyl (C=O) groups excluding carboxylic acids is 1. The molecule has 1 amide bonds. The Morgan fingerprint density at radius 1 is 1.16 bits per heavy atom. The lowest BCUT2D eigenvalue weighted by molar-refractivity contribution is -0.117. The summed E-state index contributed by atoms with van der Waals surface area (Å²) in [6.07, 6.45) is -0.0692. The van der Waals surface area contributed by atoms with Crippen molar-refractivity contribution in [3.05, 3.63) is 52.1 Å². The van der Waals surface area contributed by atoms with E-state index in [1.54, 1.807) is 6.07 Å². The molecule has 0 aliphatic heterocycles. The molecule has 3 rings (SSSR count). The molecule has 0 saturated carbocycles. The number of hydrogen-bond acceptors (Lipinski definition) is 4. The molecule has 1 heterocycles. The van der Waals surface area contributed by atoms with E-state index < -0.39 is 15.9 Å². The maximum Gasteiger partial charge on any atom is 0.261 e. The van der Waals surface area contributed by atoms with Crippen LogP contribution >= 0.6 is 23.2 Å². The Kier molecular flexibility index (Phi) is 4.59. The van der Waals surface area contributed by atoms with Crippen LogP contribution in [0.1, 0.15) is 5.69 Å². The lowest BCUT2D eigenvalue weighted by Crippen LogP contribution is -2.14. The number of hydrogen-bond donors (Lipinski definition) is 3. The minimum atomic E-state index is -3.87. The summed E-state index contributed by atoms with van der Waals surface area (Å²) in [7, 11) is -3.87. The standard InChI is InChI=1S/C15H12Cl2N4O3S/c16-11-3-1-8(5-12(11)17)21-25(23,24)9-2-4-13-10(6-9)14(20-19-13)7-15(18)22/h1-6,21H,7H2,(H2,18,22)(H,19,20). The number of sulfonamides is 1. The third kappa shape index (κ3) is 3.71. The van der Waals surface area contributed by atoms with Crippen molar-refractivity contribution >= 4 is 55.7 Å². The maximum atomic E-state index is 12.6. The van der Waals surface area contributed by atoms with Crippen LogP contribution < -0.4 is 10.5 Å². The van der Waals surface area contributed by atoms with Gasteiger partial charge >= 0.3 is 0 Å². The molecule has 0 aliphatic rings. The van der Waals surface area contributed by atoms with Crippen LogP contribution in [0.3, 0.4) is 0 Å². The number of aromatic nitrogens is 2. The van der Waals surface area contributed by atoms with Crippen molar-refractivity contribution in [2.75, 3.05) is 4.72 Å². The highest BCUT2D eigenvalue weighted by atomic mass is 35.5. The third-order valence-electron chi connectivity index (χ3n) is 3.44. The number of anilines is 1. The van der Waals surface area contributed by atoms with Gasteiger partial charge in [-0.15, -0.1) is 0 Å². The molecular weight excluding hydrogens is 387 g/mol. The highest BCUT2D eigenvalue weighted by Crippen LogP contribution is 2.27. The smallest absolute Gasteiger partial charge is 0.261 e. The van der Waals surface area contributed by atoms with Gasteiger partial charge < -0.3 is 5.73 Å². The quantitative estimate of drug-likeness (QED) is 0.611. The molecule has 0 fully saturated rings. The van der Waals surface area contributed by atoms with Crippen LogP contribution in [0.5, 0.6) is 0 Å². The minimum absolute atomic E-state index is 0.0122. The largest absolute Gasteiger partial charge is 0.369 e. The van der Waals surface area contributed by atoms with E-state index in [1.165, 1.54) is 30.3 Å². The fourth-order valence-electron chi connectivity index (χ4n) is 2.29. The van der Waals surface area contributed by atoms with E-state index in [-0.39, 0.29) is 22.0 Å². The third-order valence-corrected chi connectivity index (χ3v) is 5.56. The van der Waals surface area contributed by atoms with Crippen LogP contribution in [0, 0.1) is 0 Å². The summed E-state index contributed by atoms with van der Waals surface area (Å²) in [6, 6.07) is 8.79. The first-order valence-corrected chi connectivity index (χ1v) is 9.23. The molecular formula is C15H12Cl2N4O3S. The first-order chi connectivity index (χ1) is 11.8. The summed E-state index contributed by atoms with van der Waals surface area (Å²) in [5.41, 5.74) is 6.45. The molecule has 0 bridgehead atoms. The molecule has 0 unspecified atom stereocenters. The molecule has 25 heavy (non-hydrogen) atoms.